The Morgan fingerprint density at radius 3 is 2.69 bits per heavy atom. The number of rotatable bonds is 4. The van der Waals surface area contributed by atoms with E-state index in [1.54, 1.807) is 12.3 Å². The molecule has 0 saturated carbocycles. The third-order valence-corrected chi connectivity index (χ3v) is 2.11. The van der Waals surface area contributed by atoms with Gasteiger partial charge in [0.2, 0.25) is 0 Å². The molecular formula is C11H16O2. The van der Waals surface area contributed by atoms with E-state index in [1.807, 2.05) is 6.92 Å². The SMILES string of the molecule is Cc1occc1C(=O)CCC(C)C. The van der Waals surface area contributed by atoms with Gasteiger partial charge in [0.1, 0.15) is 5.76 Å². The first-order valence-corrected chi connectivity index (χ1v) is 4.68. The maximum atomic E-state index is 11.6. The second-order valence-corrected chi connectivity index (χ2v) is 3.75. The summed E-state index contributed by atoms with van der Waals surface area (Å²) in [5, 5.41) is 0. The molecular weight excluding hydrogens is 164 g/mol. The zero-order valence-corrected chi connectivity index (χ0v) is 8.46. The minimum absolute atomic E-state index is 0.194. The molecule has 1 aromatic rings. The summed E-state index contributed by atoms with van der Waals surface area (Å²) in [6.07, 6.45) is 3.14. The van der Waals surface area contributed by atoms with Crippen molar-refractivity contribution >= 4 is 5.78 Å². The Kier molecular flexibility index (Phi) is 3.29. The van der Waals surface area contributed by atoms with E-state index < -0.39 is 0 Å². The molecule has 72 valence electrons. The summed E-state index contributed by atoms with van der Waals surface area (Å²) in [6, 6.07) is 1.75. The molecule has 0 unspecified atom stereocenters. The molecule has 0 aliphatic carbocycles. The molecule has 1 rings (SSSR count). The van der Waals surface area contributed by atoms with Crippen LogP contribution in [-0.4, -0.2) is 5.78 Å². The van der Waals surface area contributed by atoms with Crippen molar-refractivity contribution < 1.29 is 9.21 Å². The Morgan fingerprint density at radius 1 is 1.54 bits per heavy atom. The van der Waals surface area contributed by atoms with Crippen LogP contribution in [0.2, 0.25) is 0 Å². The molecule has 13 heavy (non-hydrogen) atoms. The molecule has 2 nitrogen and oxygen atoms in total. The van der Waals surface area contributed by atoms with Gasteiger partial charge in [-0.05, 0) is 25.3 Å². The van der Waals surface area contributed by atoms with Gasteiger partial charge >= 0.3 is 0 Å². The molecule has 1 heterocycles. The summed E-state index contributed by atoms with van der Waals surface area (Å²) in [4.78, 5) is 11.6. The van der Waals surface area contributed by atoms with Gasteiger partial charge in [0.15, 0.2) is 5.78 Å². The first-order chi connectivity index (χ1) is 6.11. The van der Waals surface area contributed by atoms with Gasteiger partial charge in [-0.25, -0.2) is 0 Å². The fourth-order valence-electron chi connectivity index (χ4n) is 1.23. The Hall–Kier alpha value is -1.05. The fourth-order valence-corrected chi connectivity index (χ4v) is 1.23. The smallest absolute Gasteiger partial charge is 0.166 e. The first-order valence-electron chi connectivity index (χ1n) is 4.68. The molecule has 0 N–H and O–H groups in total. The van der Waals surface area contributed by atoms with Crippen LogP contribution in [0.5, 0.6) is 0 Å². The lowest BCUT2D eigenvalue weighted by molar-refractivity contribution is 0.0974. The van der Waals surface area contributed by atoms with Crippen LogP contribution in [0.4, 0.5) is 0 Å². The Bertz CT molecular complexity index is 284. The normalized spacial score (nSPS) is 10.8. The third-order valence-electron chi connectivity index (χ3n) is 2.11. The van der Waals surface area contributed by atoms with Gasteiger partial charge < -0.3 is 4.42 Å². The van der Waals surface area contributed by atoms with Crippen molar-refractivity contribution in [2.75, 3.05) is 0 Å². The topological polar surface area (TPSA) is 30.2 Å². The maximum Gasteiger partial charge on any atom is 0.166 e. The standard InChI is InChI=1S/C11H16O2/c1-8(2)4-5-11(12)10-6-7-13-9(10)3/h6-8H,4-5H2,1-3H3. The summed E-state index contributed by atoms with van der Waals surface area (Å²) < 4.78 is 5.07. The second-order valence-electron chi connectivity index (χ2n) is 3.75. The molecule has 0 aliphatic heterocycles. The van der Waals surface area contributed by atoms with E-state index in [2.05, 4.69) is 13.8 Å². The number of Topliss-reactive ketones (excluding diaryl/α,β-unsaturated/α-hetero) is 1. The van der Waals surface area contributed by atoms with Crippen molar-refractivity contribution in [2.24, 2.45) is 5.92 Å². The van der Waals surface area contributed by atoms with Crippen LogP contribution in [0.3, 0.4) is 0 Å². The molecule has 2 heteroatoms. The van der Waals surface area contributed by atoms with Crippen LogP contribution in [0.25, 0.3) is 0 Å². The van der Waals surface area contributed by atoms with Crippen LogP contribution in [0.1, 0.15) is 42.8 Å². The van der Waals surface area contributed by atoms with Crippen molar-refractivity contribution in [3.05, 3.63) is 23.7 Å². The zero-order chi connectivity index (χ0) is 9.84. The summed E-state index contributed by atoms with van der Waals surface area (Å²) in [6.45, 7) is 6.06. The molecule has 0 bridgehead atoms. The molecule has 0 spiro atoms. The van der Waals surface area contributed by atoms with Gasteiger partial charge in [-0.2, -0.15) is 0 Å². The lowest BCUT2D eigenvalue weighted by atomic mass is 10.0. The van der Waals surface area contributed by atoms with E-state index in [9.17, 15) is 4.79 Å². The number of furan rings is 1. The lowest BCUT2D eigenvalue weighted by Crippen LogP contribution is -2.01. The fraction of sp³-hybridized carbons (Fsp3) is 0.545. The maximum absolute atomic E-state index is 11.6. The number of carbonyl (C=O) groups is 1. The molecule has 0 amide bonds. The Labute approximate surface area is 78.9 Å². The second kappa shape index (κ2) is 4.26. The summed E-state index contributed by atoms with van der Waals surface area (Å²) >= 11 is 0. The van der Waals surface area contributed by atoms with Crippen LogP contribution >= 0.6 is 0 Å². The Morgan fingerprint density at radius 2 is 2.23 bits per heavy atom. The highest BCUT2D eigenvalue weighted by Crippen LogP contribution is 2.14. The van der Waals surface area contributed by atoms with Crippen molar-refractivity contribution in [2.45, 2.75) is 33.6 Å². The van der Waals surface area contributed by atoms with Gasteiger partial charge in [0.25, 0.3) is 0 Å². The molecule has 0 radical (unpaired) electrons. The monoisotopic (exact) mass is 180 g/mol. The minimum atomic E-state index is 0.194. The van der Waals surface area contributed by atoms with E-state index >= 15 is 0 Å². The molecule has 0 fully saturated rings. The van der Waals surface area contributed by atoms with Crippen molar-refractivity contribution in [1.29, 1.82) is 0 Å². The predicted molar refractivity (Wildman–Crippen MR) is 51.8 cm³/mol. The van der Waals surface area contributed by atoms with Gasteiger partial charge in [0.05, 0.1) is 11.8 Å². The van der Waals surface area contributed by atoms with E-state index in [0.717, 1.165) is 17.7 Å². The quantitative estimate of drug-likeness (QED) is 0.666. The van der Waals surface area contributed by atoms with Gasteiger partial charge in [-0.15, -0.1) is 0 Å². The molecule has 0 saturated heterocycles. The number of hydrogen-bond donors (Lipinski definition) is 0. The van der Waals surface area contributed by atoms with Gasteiger partial charge in [0, 0.05) is 6.42 Å². The largest absolute Gasteiger partial charge is 0.469 e. The molecule has 0 atom stereocenters. The predicted octanol–water partition coefficient (Wildman–Crippen LogP) is 3.21. The average Bonchev–Trinajstić information content (AvgIpc) is 2.47. The highest BCUT2D eigenvalue weighted by atomic mass is 16.3. The summed E-state index contributed by atoms with van der Waals surface area (Å²) in [5.74, 6) is 1.50. The van der Waals surface area contributed by atoms with E-state index in [-0.39, 0.29) is 5.78 Å². The van der Waals surface area contributed by atoms with Crippen molar-refractivity contribution in [3.63, 3.8) is 0 Å². The lowest BCUT2D eigenvalue weighted by Gasteiger charge is -2.02. The summed E-state index contributed by atoms with van der Waals surface area (Å²) in [7, 11) is 0. The number of aryl methyl sites for hydroxylation is 1. The summed E-state index contributed by atoms with van der Waals surface area (Å²) in [5.41, 5.74) is 0.737. The average molecular weight is 180 g/mol. The number of carbonyl (C=O) groups excluding carboxylic acids is 1. The number of ketones is 1. The van der Waals surface area contributed by atoms with Crippen LogP contribution in [0, 0.1) is 12.8 Å². The highest BCUT2D eigenvalue weighted by Gasteiger charge is 2.11. The first kappa shape index (κ1) is 10.0. The molecule has 1 aromatic heterocycles. The Balaban J connectivity index is 2.54. The highest BCUT2D eigenvalue weighted by molar-refractivity contribution is 5.96. The zero-order valence-electron chi connectivity index (χ0n) is 8.46. The van der Waals surface area contributed by atoms with Crippen LogP contribution in [0.15, 0.2) is 16.7 Å². The van der Waals surface area contributed by atoms with Crippen LogP contribution in [-0.2, 0) is 0 Å². The minimum Gasteiger partial charge on any atom is -0.469 e. The number of hydrogen-bond acceptors (Lipinski definition) is 2. The van der Waals surface area contributed by atoms with E-state index in [1.165, 1.54) is 0 Å². The van der Waals surface area contributed by atoms with E-state index in [0.29, 0.717) is 12.3 Å². The van der Waals surface area contributed by atoms with E-state index in [4.69, 9.17) is 4.42 Å². The molecule has 0 aromatic carbocycles. The van der Waals surface area contributed by atoms with Gasteiger partial charge in [-0.3, -0.25) is 4.79 Å². The van der Waals surface area contributed by atoms with Gasteiger partial charge in [-0.1, -0.05) is 13.8 Å². The van der Waals surface area contributed by atoms with Crippen molar-refractivity contribution in [1.82, 2.24) is 0 Å². The third kappa shape index (κ3) is 2.72. The van der Waals surface area contributed by atoms with Crippen molar-refractivity contribution in [3.8, 4) is 0 Å². The molecule has 0 aliphatic rings. The van der Waals surface area contributed by atoms with Crippen LogP contribution < -0.4 is 0 Å².